The van der Waals surface area contributed by atoms with Crippen molar-refractivity contribution in [1.82, 2.24) is 0 Å². The van der Waals surface area contributed by atoms with E-state index in [0.717, 1.165) is 36.1 Å². The summed E-state index contributed by atoms with van der Waals surface area (Å²) in [5, 5.41) is 0. The molecule has 2 aromatic rings. The molecule has 7 heteroatoms. The maximum Gasteiger partial charge on any atom is 0.316 e. The number of carbonyl (C=O) groups excluding carboxylic acids is 4. The molecule has 5 rings (SSSR count). The first-order valence-electron chi connectivity index (χ1n) is 12.7. The molecular weight excluding hydrogens is 456 g/mol. The number of imide groups is 1. The van der Waals surface area contributed by atoms with Gasteiger partial charge in [-0.3, -0.25) is 19.2 Å². The van der Waals surface area contributed by atoms with Crippen molar-refractivity contribution in [1.29, 1.82) is 0 Å². The third-order valence-electron chi connectivity index (χ3n) is 7.79. The van der Waals surface area contributed by atoms with Gasteiger partial charge in [0.05, 0.1) is 23.4 Å². The zero-order valence-corrected chi connectivity index (χ0v) is 21.2. The van der Waals surface area contributed by atoms with Crippen LogP contribution in [0.1, 0.15) is 49.3 Å². The van der Waals surface area contributed by atoms with Crippen LogP contribution < -0.4 is 14.5 Å². The van der Waals surface area contributed by atoms with E-state index in [2.05, 4.69) is 6.92 Å². The molecule has 4 atom stereocenters. The molecule has 1 saturated carbocycles. The quantitative estimate of drug-likeness (QED) is 0.360. The van der Waals surface area contributed by atoms with Gasteiger partial charge in [-0.05, 0) is 93.0 Å². The molecule has 7 nitrogen and oxygen atoms in total. The first kappa shape index (κ1) is 24.2. The number of fused-ring (bicyclic) bond motifs is 1. The van der Waals surface area contributed by atoms with Crippen molar-refractivity contribution in [2.45, 2.75) is 53.4 Å². The van der Waals surface area contributed by atoms with Gasteiger partial charge in [-0.1, -0.05) is 13.0 Å². The van der Waals surface area contributed by atoms with E-state index in [1.165, 1.54) is 4.90 Å². The van der Waals surface area contributed by atoms with Gasteiger partial charge < -0.3 is 9.64 Å². The molecule has 2 heterocycles. The maximum atomic E-state index is 13.1. The van der Waals surface area contributed by atoms with Gasteiger partial charge in [0.15, 0.2) is 0 Å². The van der Waals surface area contributed by atoms with Crippen LogP contribution in [0.3, 0.4) is 0 Å². The third kappa shape index (κ3) is 4.31. The van der Waals surface area contributed by atoms with Crippen molar-refractivity contribution >= 4 is 35.1 Å². The molecule has 0 radical (unpaired) electrons. The Morgan fingerprint density at radius 1 is 0.917 bits per heavy atom. The number of benzene rings is 2. The van der Waals surface area contributed by atoms with E-state index in [9.17, 15) is 19.2 Å². The molecule has 2 saturated heterocycles. The molecule has 3 amide bonds. The fraction of sp³-hybridized carbons (Fsp3) is 0.448. The fourth-order valence-corrected chi connectivity index (χ4v) is 5.99. The van der Waals surface area contributed by atoms with Gasteiger partial charge >= 0.3 is 5.97 Å². The van der Waals surface area contributed by atoms with Crippen LogP contribution in [0, 0.1) is 44.4 Å². The second-order valence-electron chi connectivity index (χ2n) is 10.8. The van der Waals surface area contributed by atoms with Crippen LogP contribution in [0.15, 0.2) is 36.4 Å². The Hall–Kier alpha value is -3.48. The zero-order valence-electron chi connectivity index (χ0n) is 21.2. The van der Waals surface area contributed by atoms with Gasteiger partial charge in [-0.2, -0.15) is 0 Å². The molecule has 0 aromatic heterocycles. The summed E-state index contributed by atoms with van der Waals surface area (Å²) in [6.45, 7) is 8.16. The SMILES string of the molecule is Cc1cc(C)cc(N2C[C@H](C(=O)Oc3ccc(N4C(=O)[C@@H]5CC[C@H](C)C[C@H]5C4=O)c(C)c3)CC2=O)c1. The Morgan fingerprint density at radius 3 is 2.31 bits per heavy atom. The highest BCUT2D eigenvalue weighted by Crippen LogP contribution is 2.43. The molecule has 0 unspecified atom stereocenters. The van der Waals surface area contributed by atoms with E-state index in [-0.39, 0.29) is 42.5 Å². The molecule has 188 valence electrons. The van der Waals surface area contributed by atoms with E-state index >= 15 is 0 Å². The summed E-state index contributed by atoms with van der Waals surface area (Å²) < 4.78 is 5.63. The number of hydrogen-bond acceptors (Lipinski definition) is 5. The number of hydrogen-bond donors (Lipinski definition) is 0. The Bertz CT molecular complexity index is 1250. The van der Waals surface area contributed by atoms with Gasteiger partial charge in [-0.15, -0.1) is 0 Å². The van der Waals surface area contributed by atoms with Crippen LogP contribution in [-0.4, -0.2) is 30.2 Å². The van der Waals surface area contributed by atoms with E-state index in [1.807, 2.05) is 32.0 Å². The minimum absolute atomic E-state index is 0.0981. The summed E-state index contributed by atoms with van der Waals surface area (Å²) in [5.74, 6) is -1.07. The van der Waals surface area contributed by atoms with Crippen LogP contribution in [-0.2, 0) is 19.2 Å². The molecular formula is C29H32N2O5. The van der Waals surface area contributed by atoms with Crippen molar-refractivity contribution in [3.63, 3.8) is 0 Å². The Labute approximate surface area is 211 Å². The summed E-state index contributed by atoms with van der Waals surface area (Å²) in [6, 6.07) is 10.9. The number of ether oxygens (including phenoxy) is 1. The number of nitrogens with zero attached hydrogens (tertiary/aromatic N) is 2. The highest BCUT2D eigenvalue weighted by atomic mass is 16.5. The van der Waals surface area contributed by atoms with Gasteiger partial charge in [0.2, 0.25) is 17.7 Å². The van der Waals surface area contributed by atoms with Gasteiger partial charge in [-0.25, -0.2) is 4.90 Å². The predicted molar refractivity (Wildman–Crippen MR) is 136 cm³/mol. The number of rotatable bonds is 4. The molecule has 0 bridgehead atoms. The lowest BCUT2D eigenvalue weighted by Gasteiger charge is -2.25. The summed E-state index contributed by atoms with van der Waals surface area (Å²) in [5.41, 5.74) is 4.14. The summed E-state index contributed by atoms with van der Waals surface area (Å²) in [6.07, 6.45) is 2.56. The first-order valence-corrected chi connectivity index (χ1v) is 12.7. The summed E-state index contributed by atoms with van der Waals surface area (Å²) >= 11 is 0. The van der Waals surface area contributed by atoms with Crippen LogP contribution in [0.2, 0.25) is 0 Å². The van der Waals surface area contributed by atoms with E-state index in [1.54, 1.807) is 30.0 Å². The summed E-state index contributed by atoms with van der Waals surface area (Å²) in [4.78, 5) is 54.7. The topological polar surface area (TPSA) is 84.0 Å². The highest BCUT2D eigenvalue weighted by molar-refractivity contribution is 6.22. The minimum atomic E-state index is -0.565. The predicted octanol–water partition coefficient (Wildman–Crippen LogP) is 4.50. The smallest absolute Gasteiger partial charge is 0.316 e. The van der Waals surface area contributed by atoms with Crippen molar-refractivity contribution < 1.29 is 23.9 Å². The van der Waals surface area contributed by atoms with Crippen LogP contribution >= 0.6 is 0 Å². The van der Waals surface area contributed by atoms with E-state index in [4.69, 9.17) is 4.74 Å². The highest BCUT2D eigenvalue weighted by Gasteiger charge is 2.50. The molecule has 1 aliphatic carbocycles. The second kappa shape index (κ2) is 9.19. The second-order valence-corrected chi connectivity index (χ2v) is 10.8. The van der Waals surface area contributed by atoms with E-state index in [0.29, 0.717) is 22.9 Å². The van der Waals surface area contributed by atoms with Crippen LogP contribution in [0.25, 0.3) is 0 Å². The monoisotopic (exact) mass is 488 g/mol. The van der Waals surface area contributed by atoms with Crippen LogP contribution in [0.5, 0.6) is 5.75 Å². The number of aryl methyl sites for hydroxylation is 3. The Morgan fingerprint density at radius 2 is 1.61 bits per heavy atom. The maximum absolute atomic E-state index is 13.1. The number of anilines is 2. The largest absolute Gasteiger partial charge is 0.426 e. The van der Waals surface area contributed by atoms with Crippen molar-refractivity contribution in [3.8, 4) is 5.75 Å². The normalized spacial score (nSPS) is 25.9. The minimum Gasteiger partial charge on any atom is -0.426 e. The number of esters is 1. The Balaban J connectivity index is 1.28. The van der Waals surface area contributed by atoms with Crippen molar-refractivity contribution in [3.05, 3.63) is 53.1 Å². The lowest BCUT2D eigenvalue weighted by Crippen LogP contribution is -2.31. The van der Waals surface area contributed by atoms with Crippen LogP contribution in [0.4, 0.5) is 11.4 Å². The molecule has 3 fully saturated rings. The lowest BCUT2D eigenvalue weighted by molar-refractivity contribution is -0.139. The average Bonchev–Trinajstić information content (AvgIpc) is 3.31. The molecule has 36 heavy (non-hydrogen) atoms. The number of amides is 3. The molecule has 2 aliphatic heterocycles. The average molecular weight is 489 g/mol. The van der Waals surface area contributed by atoms with Gasteiger partial charge in [0.25, 0.3) is 0 Å². The molecule has 0 spiro atoms. The Kier molecular flexibility index (Phi) is 6.18. The molecule has 0 N–H and O–H groups in total. The van der Waals surface area contributed by atoms with Gasteiger partial charge in [0, 0.05) is 18.7 Å². The van der Waals surface area contributed by atoms with E-state index < -0.39 is 11.9 Å². The number of carbonyl (C=O) groups is 4. The van der Waals surface area contributed by atoms with Gasteiger partial charge in [0.1, 0.15) is 5.75 Å². The molecule has 2 aromatic carbocycles. The fourth-order valence-electron chi connectivity index (χ4n) is 5.99. The lowest BCUT2D eigenvalue weighted by atomic mass is 9.76. The molecule has 3 aliphatic rings. The standard InChI is InChI=1S/C29H32N2O5/c1-16-5-7-23-24(12-16)28(34)31(27(23)33)25-8-6-22(13-19(25)4)36-29(35)20-14-26(32)30(15-20)21-10-17(2)9-18(3)11-21/h6,8-11,13,16,20,23-24H,5,7,12,14-15H2,1-4H3/t16-,20+,23+,24+/m0/s1. The first-order chi connectivity index (χ1) is 17.1. The van der Waals surface area contributed by atoms with Crippen molar-refractivity contribution in [2.24, 2.45) is 23.7 Å². The summed E-state index contributed by atoms with van der Waals surface area (Å²) in [7, 11) is 0. The van der Waals surface area contributed by atoms with Crippen molar-refractivity contribution in [2.75, 3.05) is 16.3 Å². The third-order valence-corrected chi connectivity index (χ3v) is 7.79. The zero-order chi connectivity index (χ0) is 25.7.